The molecule has 0 aliphatic carbocycles. The molecule has 0 fully saturated rings. The Balaban J connectivity index is 2.89. The highest BCUT2D eigenvalue weighted by Crippen LogP contribution is 2.18. The maximum absolute atomic E-state index is 12.1. The smallest absolute Gasteiger partial charge is 0.261 e. The summed E-state index contributed by atoms with van der Waals surface area (Å²) in [5, 5.41) is 0. The number of hydrogen-bond donors (Lipinski definition) is 1. The lowest BCUT2D eigenvalue weighted by atomic mass is 10.1. The average Bonchev–Trinajstić information content (AvgIpc) is 2.36. The standard InChI is InChI=1S/C12H18ClNO5S2/c1-4-19-12(2,3)9-14-21(17,18)11-7-5-10(6-8-11)20(13,15)16/h5-8,14H,4,9H2,1-3H3. The van der Waals surface area contributed by atoms with Gasteiger partial charge in [-0.15, -0.1) is 0 Å². The average molecular weight is 356 g/mol. The molecule has 0 aromatic heterocycles. The quantitative estimate of drug-likeness (QED) is 0.752. The van der Waals surface area contributed by atoms with Crippen molar-refractivity contribution < 1.29 is 21.6 Å². The Morgan fingerprint density at radius 3 is 2.00 bits per heavy atom. The van der Waals surface area contributed by atoms with E-state index in [2.05, 4.69) is 4.72 Å². The molecule has 0 radical (unpaired) electrons. The van der Waals surface area contributed by atoms with Gasteiger partial charge in [0.2, 0.25) is 10.0 Å². The van der Waals surface area contributed by atoms with Gasteiger partial charge in [0.15, 0.2) is 0 Å². The topological polar surface area (TPSA) is 89.5 Å². The Hall–Kier alpha value is -0.670. The van der Waals surface area contributed by atoms with Crippen LogP contribution in [0, 0.1) is 0 Å². The Bertz CT molecular complexity index is 681. The number of halogens is 1. The minimum absolute atomic E-state index is 0.0427. The number of ether oxygens (including phenoxy) is 1. The summed E-state index contributed by atoms with van der Waals surface area (Å²) in [6.45, 7) is 5.92. The maximum Gasteiger partial charge on any atom is 0.261 e. The van der Waals surface area contributed by atoms with Crippen molar-refractivity contribution in [2.75, 3.05) is 13.2 Å². The van der Waals surface area contributed by atoms with Gasteiger partial charge in [0.1, 0.15) is 0 Å². The van der Waals surface area contributed by atoms with Gasteiger partial charge in [0.25, 0.3) is 9.05 Å². The summed E-state index contributed by atoms with van der Waals surface area (Å²) in [5.74, 6) is 0. The molecule has 9 heteroatoms. The molecule has 0 aliphatic rings. The third-order valence-corrected chi connectivity index (χ3v) is 5.43. The van der Waals surface area contributed by atoms with Gasteiger partial charge >= 0.3 is 0 Å². The fourth-order valence-electron chi connectivity index (χ4n) is 1.58. The van der Waals surface area contributed by atoms with Crippen molar-refractivity contribution in [3.05, 3.63) is 24.3 Å². The van der Waals surface area contributed by atoms with Gasteiger partial charge < -0.3 is 4.74 Å². The molecule has 0 saturated carbocycles. The summed E-state index contributed by atoms with van der Waals surface area (Å²) in [5.41, 5.74) is -0.638. The van der Waals surface area contributed by atoms with Crippen molar-refractivity contribution in [3.63, 3.8) is 0 Å². The molecule has 1 aromatic carbocycles. The zero-order valence-corrected chi connectivity index (χ0v) is 14.3. The van der Waals surface area contributed by atoms with Crippen molar-refractivity contribution in [2.24, 2.45) is 0 Å². The number of sulfonamides is 1. The van der Waals surface area contributed by atoms with Crippen LogP contribution in [0.15, 0.2) is 34.1 Å². The molecule has 6 nitrogen and oxygen atoms in total. The minimum atomic E-state index is -3.87. The predicted octanol–water partition coefficient (Wildman–Crippen LogP) is 1.71. The van der Waals surface area contributed by atoms with E-state index in [1.54, 1.807) is 13.8 Å². The highest BCUT2D eigenvalue weighted by molar-refractivity contribution is 8.13. The van der Waals surface area contributed by atoms with Gasteiger partial charge in [-0.2, -0.15) is 0 Å². The van der Waals surface area contributed by atoms with E-state index < -0.39 is 24.7 Å². The molecule has 0 saturated heterocycles. The summed E-state index contributed by atoms with van der Waals surface area (Å²) < 4.78 is 54.2. The summed E-state index contributed by atoms with van der Waals surface area (Å²) in [4.78, 5) is -0.198. The van der Waals surface area contributed by atoms with E-state index in [0.717, 1.165) is 12.1 Å². The molecule has 0 heterocycles. The normalized spacial score (nSPS) is 13.3. The van der Waals surface area contributed by atoms with Crippen molar-refractivity contribution >= 4 is 29.8 Å². The number of hydrogen-bond acceptors (Lipinski definition) is 5. The van der Waals surface area contributed by atoms with Crippen LogP contribution in [-0.2, 0) is 23.8 Å². The number of rotatable bonds is 7. The van der Waals surface area contributed by atoms with E-state index in [1.807, 2.05) is 6.92 Å². The summed E-state index contributed by atoms with van der Waals surface area (Å²) in [6.07, 6.45) is 0. The predicted molar refractivity (Wildman–Crippen MR) is 80.4 cm³/mol. The Morgan fingerprint density at radius 1 is 1.10 bits per heavy atom. The second kappa shape index (κ2) is 6.62. The van der Waals surface area contributed by atoms with Crippen LogP contribution in [0.25, 0.3) is 0 Å². The van der Waals surface area contributed by atoms with Gasteiger partial charge in [-0.3, -0.25) is 0 Å². The molecule has 0 atom stereocenters. The summed E-state index contributed by atoms with van der Waals surface area (Å²) in [7, 11) is -2.44. The molecule has 120 valence electrons. The van der Waals surface area contributed by atoms with Gasteiger partial charge in [-0.1, -0.05) is 0 Å². The second-order valence-electron chi connectivity index (χ2n) is 4.93. The van der Waals surface area contributed by atoms with Crippen LogP contribution in [-0.4, -0.2) is 35.6 Å². The van der Waals surface area contributed by atoms with Crippen molar-refractivity contribution in [1.29, 1.82) is 0 Å². The van der Waals surface area contributed by atoms with Crippen LogP contribution in [0.1, 0.15) is 20.8 Å². The summed E-state index contributed by atoms with van der Waals surface area (Å²) in [6, 6.07) is 4.66. The van der Waals surface area contributed by atoms with Crippen molar-refractivity contribution in [3.8, 4) is 0 Å². The molecule has 0 aliphatic heterocycles. The number of nitrogens with one attached hydrogen (secondary N) is 1. The molecule has 1 aromatic rings. The van der Waals surface area contributed by atoms with Crippen molar-refractivity contribution in [2.45, 2.75) is 36.2 Å². The highest BCUT2D eigenvalue weighted by Gasteiger charge is 2.22. The largest absolute Gasteiger partial charge is 0.375 e. The summed E-state index contributed by atoms with van der Waals surface area (Å²) >= 11 is 0. The lowest BCUT2D eigenvalue weighted by molar-refractivity contribution is -0.00515. The van der Waals surface area contributed by atoms with Gasteiger partial charge in [0.05, 0.1) is 15.4 Å². The fraction of sp³-hybridized carbons (Fsp3) is 0.500. The van der Waals surface area contributed by atoms with Crippen LogP contribution in [0.5, 0.6) is 0 Å². The van der Waals surface area contributed by atoms with Crippen LogP contribution in [0.4, 0.5) is 0 Å². The highest BCUT2D eigenvalue weighted by atomic mass is 35.7. The fourth-order valence-corrected chi connectivity index (χ4v) is 3.54. The molecule has 0 unspecified atom stereocenters. The Labute approximate surface area is 129 Å². The lowest BCUT2D eigenvalue weighted by Gasteiger charge is -2.24. The monoisotopic (exact) mass is 355 g/mol. The molecule has 1 rings (SSSR count). The zero-order valence-electron chi connectivity index (χ0n) is 12.0. The Morgan fingerprint density at radius 2 is 1.57 bits per heavy atom. The Kier molecular flexibility index (Phi) is 5.79. The first-order valence-corrected chi connectivity index (χ1v) is 9.95. The third kappa shape index (κ3) is 5.55. The first-order chi connectivity index (χ1) is 9.48. The van der Waals surface area contributed by atoms with E-state index in [9.17, 15) is 16.8 Å². The SMILES string of the molecule is CCOC(C)(C)CNS(=O)(=O)c1ccc(S(=O)(=O)Cl)cc1. The maximum atomic E-state index is 12.1. The molecule has 21 heavy (non-hydrogen) atoms. The second-order valence-corrected chi connectivity index (χ2v) is 9.26. The van der Waals surface area contributed by atoms with Crippen LogP contribution in [0.3, 0.4) is 0 Å². The zero-order chi connectivity index (χ0) is 16.3. The lowest BCUT2D eigenvalue weighted by Crippen LogP contribution is -2.40. The molecule has 0 bridgehead atoms. The first kappa shape index (κ1) is 18.4. The van der Waals surface area contributed by atoms with E-state index >= 15 is 0 Å². The molecular weight excluding hydrogens is 338 g/mol. The van der Waals surface area contributed by atoms with E-state index in [-0.39, 0.29) is 16.3 Å². The number of benzene rings is 1. The minimum Gasteiger partial charge on any atom is -0.375 e. The van der Waals surface area contributed by atoms with E-state index in [1.165, 1.54) is 12.1 Å². The third-order valence-electron chi connectivity index (χ3n) is 2.64. The van der Waals surface area contributed by atoms with Crippen LogP contribution in [0.2, 0.25) is 0 Å². The van der Waals surface area contributed by atoms with Crippen molar-refractivity contribution in [1.82, 2.24) is 4.72 Å². The van der Waals surface area contributed by atoms with Gasteiger partial charge in [0, 0.05) is 23.8 Å². The van der Waals surface area contributed by atoms with Crippen LogP contribution >= 0.6 is 10.7 Å². The van der Waals surface area contributed by atoms with Crippen LogP contribution < -0.4 is 4.72 Å². The molecule has 0 spiro atoms. The molecular formula is C12H18ClNO5S2. The van der Waals surface area contributed by atoms with E-state index in [0.29, 0.717) is 6.61 Å². The molecule has 0 amide bonds. The van der Waals surface area contributed by atoms with E-state index in [4.69, 9.17) is 15.4 Å². The van der Waals surface area contributed by atoms with Gasteiger partial charge in [-0.05, 0) is 45.0 Å². The van der Waals surface area contributed by atoms with Gasteiger partial charge in [-0.25, -0.2) is 21.6 Å². The first-order valence-electron chi connectivity index (χ1n) is 6.16. The molecule has 1 N–H and O–H groups in total.